The zero-order valence-corrected chi connectivity index (χ0v) is 11.9. The third-order valence-electron chi connectivity index (χ3n) is 2.07. The molecule has 1 rings (SSSR count). The van der Waals surface area contributed by atoms with Crippen molar-refractivity contribution in [2.75, 3.05) is 11.2 Å². The van der Waals surface area contributed by atoms with Crippen molar-refractivity contribution in [1.82, 2.24) is 0 Å². The van der Waals surface area contributed by atoms with Crippen LogP contribution in [0.4, 0.5) is 5.69 Å². The molecule has 0 aliphatic heterocycles. The molecule has 0 spiro atoms. The Hall–Kier alpha value is -0.150. The van der Waals surface area contributed by atoms with Crippen LogP contribution >= 0.6 is 46.4 Å². The number of anilines is 1. The molecule has 94 valence electrons. The van der Waals surface area contributed by atoms with Gasteiger partial charge in [-0.05, 0) is 25.0 Å². The van der Waals surface area contributed by atoms with Crippen LogP contribution in [0.25, 0.3) is 0 Å². The predicted octanol–water partition coefficient (Wildman–Crippen LogP) is 4.99. The fourth-order valence-corrected chi connectivity index (χ4v) is 1.99. The lowest BCUT2D eigenvalue weighted by molar-refractivity contribution is -0.116. The molecule has 1 amide bonds. The van der Waals surface area contributed by atoms with Crippen LogP contribution in [0.15, 0.2) is 12.1 Å². The maximum Gasteiger partial charge on any atom is 0.224 e. The van der Waals surface area contributed by atoms with Crippen molar-refractivity contribution in [3.8, 4) is 0 Å². The molecule has 0 heterocycles. The Morgan fingerprint density at radius 2 is 1.71 bits per heavy atom. The Balaban J connectivity index is 2.62. The molecule has 2 nitrogen and oxygen atoms in total. The van der Waals surface area contributed by atoms with E-state index < -0.39 is 0 Å². The third-order valence-corrected chi connectivity index (χ3v) is 3.37. The molecule has 6 heteroatoms. The van der Waals surface area contributed by atoms with Crippen molar-refractivity contribution in [3.05, 3.63) is 27.2 Å². The number of amides is 1. The van der Waals surface area contributed by atoms with E-state index in [4.69, 9.17) is 46.4 Å². The first-order valence-corrected chi connectivity index (χ1v) is 6.72. The normalized spacial score (nSPS) is 10.4. The summed E-state index contributed by atoms with van der Waals surface area (Å²) >= 11 is 23.1. The molecule has 17 heavy (non-hydrogen) atoms. The maximum absolute atomic E-state index is 11.5. The molecule has 1 N–H and O–H groups in total. The topological polar surface area (TPSA) is 29.1 Å². The summed E-state index contributed by atoms with van der Waals surface area (Å²) < 4.78 is 0. The first kappa shape index (κ1) is 14.9. The summed E-state index contributed by atoms with van der Waals surface area (Å²) in [5.41, 5.74) is 0.469. The highest BCUT2D eigenvalue weighted by molar-refractivity contribution is 6.44. The SMILES string of the molecule is O=C(CCCCCl)Nc1cc(Cl)c(Cl)cc1Cl. The Bertz CT molecular complexity index is 409. The second kappa shape index (κ2) is 7.32. The van der Waals surface area contributed by atoms with Gasteiger partial charge in [-0.2, -0.15) is 0 Å². The van der Waals surface area contributed by atoms with Crippen LogP contribution in [0.1, 0.15) is 19.3 Å². The number of carbonyl (C=O) groups excluding carboxylic acids is 1. The number of alkyl halides is 1. The minimum absolute atomic E-state index is 0.115. The fourth-order valence-electron chi connectivity index (χ4n) is 1.21. The van der Waals surface area contributed by atoms with Crippen LogP contribution in [0.3, 0.4) is 0 Å². The molecule has 0 saturated carbocycles. The summed E-state index contributed by atoms with van der Waals surface area (Å²) in [7, 11) is 0. The van der Waals surface area contributed by atoms with E-state index in [1.165, 1.54) is 12.1 Å². The average Bonchev–Trinajstić information content (AvgIpc) is 2.26. The van der Waals surface area contributed by atoms with E-state index in [2.05, 4.69) is 5.32 Å². The average molecular weight is 315 g/mol. The van der Waals surface area contributed by atoms with Crippen LogP contribution in [0.5, 0.6) is 0 Å². The van der Waals surface area contributed by atoms with Gasteiger partial charge in [0.25, 0.3) is 0 Å². The molecule has 0 saturated heterocycles. The summed E-state index contributed by atoms with van der Waals surface area (Å²) in [6, 6.07) is 3.03. The highest BCUT2D eigenvalue weighted by atomic mass is 35.5. The standard InChI is InChI=1S/C11H11Cl4NO/c12-4-2-1-3-11(17)16-10-6-8(14)7(13)5-9(10)15/h5-6H,1-4H2,(H,16,17). The highest BCUT2D eigenvalue weighted by Crippen LogP contribution is 2.32. The third kappa shape index (κ3) is 4.92. The molecule has 0 radical (unpaired) electrons. The Labute approximate surface area is 120 Å². The van der Waals surface area contributed by atoms with Gasteiger partial charge in [0.1, 0.15) is 0 Å². The smallest absolute Gasteiger partial charge is 0.224 e. The van der Waals surface area contributed by atoms with Gasteiger partial charge < -0.3 is 5.32 Å². The molecular weight excluding hydrogens is 304 g/mol. The second-order valence-corrected chi connectivity index (χ2v) is 5.04. The Morgan fingerprint density at radius 3 is 2.35 bits per heavy atom. The van der Waals surface area contributed by atoms with Gasteiger partial charge in [-0.25, -0.2) is 0 Å². The molecule has 0 aromatic heterocycles. The van der Waals surface area contributed by atoms with E-state index >= 15 is 0 Å². The number of hydrogen-bond donors (Lipinski definition) is 1. The first-order valence-electron chi connectivity index (χ1n) is 5.05. The minimum atomic E-state index is -0.115. The van der Waals surface area contributed by atoms with Gasteiger partial charge in [-0.15, -0.1) is 11.6 Å². The lowest BCUT2D eigenvalue weighted by atomic mass is 10.2. The molecule has 0 fully saturated rings. The lowest BCUT2D eigenvalue weighted by Gasteiger charge is -2.08. The van der Waals surface area contributed by atoms with Crippen molar-refractivity contribution >= 4 is 58.0 Å². The summed E-state index contributed by atoms with van der Waals surface area (Å²) in [5, 5.41) is 3.76. The quantitative estimate of drug-likeness (QED) is 0.463. The molecule has 0 aliphatic rings. The van der Waals surface area contributed by atoms with Crippen molar-refractivity contribution < 1.29 is 4.79 Å². The fraction of sp³-hybridized carbons (Fsp3) is 0.364. The zero-order valence-electron chi connectivity index (χ0n) is 8.90. The summed E-state index contributed by atoms with van der Waals surface area (Å²) in [6.07, 6.45) is 1.96. The number of hydrogen-bond acceptors (Lipinski definition) is 1. The number of rotatable bonds is 5. The van der Waals surface area contributed by atoms with Crippen LogP contribution in [0.2, 0.25) is 15.1 Å². The van der Waals surface area contributed by atoms with E-state index in [0.29, 0.717) is 33.1 Å². The monoisotopic (exact) mass is 313 g/mol. The Kier molecular flexibility index (Phi) is 6.42. The van der Waals surface area contributed by atoms with Gasteiger partial charge in [0.05, 0.1) is 20.8 Å². The van der Waals surface area contributed by atoms with E-state index in [1.54, 1.807) is 0 Å². The zero-order chi connectivity index (χ0) is 12.8. The number of carbonyl (C=O) groups is 1. The Morgan fingerprint density at radius 1 is 1.06 bits per heavy atom. The highest BCUT2D eigenvalue weighted by Gasteiger charge is 2.09. The van der Waals surface area contributed by atoms with Gasteiger partial charge in [0, 0.05) is 12.3 Å². The van der Waals surface area contributed by atoms with Crippen LogP contribution in [-0.2, 0) is 4.79 Å². The number of benzene rings is 1. The molecule has 0 aliphatic carbocycles. The van der Waals surface area contributed by atoms with Crippen molar-refractivity contribution in [3.63, 3.8) is 0 Å². The van der Waals surface area contributed by atoms with E-state index in [-0.39, 0.29) is 5.91 Å². The molecule has 0 bridgehead atoms. The maximum atomic E-state index is 11.5. The number of unbranched alkanes of at least 4 members (excludes halogenated alkanes) is 1. The van der Waals surface area contributed by atoms with Gasteiger partial charge in [-0.1, -0.05) is 34.8 Å². The molecule has 1 aromatic carbocycles. The summed E-state index contributed by atoms with van der Waals surface area (Å²) in [4.78, 5) is 11.5. The van der Waals surface area contributed by atoms with E-state index in [1.807, 2.05) is 0 Å². The van der Waals surface area contributed by atoms with Crippen molar-refractivity contribution in [2.45, 2.75) is 19.3 Å². The van der Waals surface area contributed by atoms with Gasteiger partial charge in [-0.3, -0.25) is 4.79 Å². The predicted molar refractivity (Wildman–Crippen MR) is 74.7 cm³/mol. The first-order chi connectivity index (χ1) is 8.04. The van der Waals surface area contributed by atoms with Gasteiger partial charge in [0.15, 0.2) is 0 Å². The largest absolute Gasteiger partial charge is 0.325 e. The van der Waals surface area contributed by atoms with Crippen LogP contribution in [0, 0.1) is 0 Å². The van der Waals surface area contributed by atoms with Gasteiger partial charge in [0.2, 0.25) is 5.91 Å². The van der Waals surface area contributed by atoms with Crippen molar-refractivity contribution in [1.29, 1.82) is 0 Å². The van der Waals surface area contributed by atoms with E-state index in [9.17, 15) is 4.79 Å². The summed E-state index contributed by atoms with van der Waals surface area (Å²) in [5.74, 6) is 0.441. The molecular formula is C11H11Cl4NO. The van der Waals surface area contributed by atoms with Crippen LogP contribution < -0.4 is 5.32 Å². The van der Waals surface area contributed by atoms with Crippen molar-refractivity contribution in [2.24, 2.45) is 0 Å². The number of halogens is 4. The lowest BCUT2D eigenvalue weighted by Crippen LogP contribution is -2.11. The number of nitrogens with one attached hydrogen (secondary N) is 1. The van der Waals surface area contributed by atoms with E-state index in [0.717, 1.165) is 12.8 Å². The van der Waals surface area contributed by atoms with Crippen LogP contribution in [-0.4, -0.2) is 11.8 Å². The molecule has 0 atom stereocenters. The minimum Gasteiger partial charge on any atom is -0.325 e. The molecule has 1 aromatic rings. The van der Waals surface area contributed by atoms with Gasteiger partial charge >= 0.3 is 0 Å². The second-order valence-electron chi connectivity index (χ2n) is 3.44. The molecule has 0 unspecified atom stereocenters. The summed E-state index contributed by atoms with van der Waals surface area (Å²) in [6.45, 7) is 0.